The second kappa shape index (κ2) is 5.03. The average Bonchev–Trinajstić information content (AvgIpc) is 2.73. The van der Waals surface area contributed by atoms with Crippen LogP contribution in [0.3, 0.4) is 0 Å². The maximum absolute atomic E-state index is 13.9. The molecule has 0 spiro atoms. The van der Waals surface area contributed by atoms with Crippen molar-refractivity contribution in [2.45, 2.75) is 12.1 Å². The molecule has 1 aromatic carbocycles. The van der Waals surface area contributed by atoms with Crippen molar-refractivity contribution in [1.82, 2.24) is 4.90 Å². The largest absolute Gasteiger partial charge is 0.479 e. The van der Waals surface area contributed by atoms with Crippen LogP contribution < -0.4 is 0 Å². The van der Waals surface area contributed by atoms with Gasteiger partial charge in [-0.25, -0.2) is 13.6 Å². The minimum Gasteiger partial charge on any atom is -0.479 e. The maximum atomic E-state index is 13.9. The molecule has 0 bridgehead atoms. The van der Waals surface area contributed by atoms with E-state index in [1.54, 1.807) is 6.07 Å². The van der Waals surface area contributed by atoms with Gasteiger partial charge >= 0.3 is 5.97 Å². The third-order valence-corrected chi connectivity index (χ3v) is 3.97. The van der Waals surface area contributed by atoms with E-state index in [4.69, 9.17) is 5.11 Å². The number of alkyl halides is 1. The normalized spacial score (nSPS) is 22.6. The van der Waals surface area contributed by atoms with Gasteiger partial charge in [0.15, 0.2) is 0 Å². The zero-order valence-corrected chi connectivity index (χ0v) is 11.9. The van der Waals surface area contributed by atoms with Crippen molar-refractivity contribution in [3.63, 3.8) is 0 Å². The summed E-state index contributed by atoms with van der Waals surface area (Å²) in [5.74, 6) is -2.96. The molecule has 1 unspecified atom stereocenters. The van der Waals surface area contributed by atoms with Gasteiger partial charge in [-0.1, -0.05) is 6.07 Å². The van der Waals surface area contributed by atoms with Crippen molar-refractivity contribution in [3.8, 4) is 0 Å². The van der Waals surface area contributed by atoms with Gasteiger partial charge in [0.2, 0.25) is 5.67 Å². The van der Waals surface area contributed by atoms with Crippen LogP contribution in [0.25, 0.3) is 0 Å². The topological polar surface area (TPSA) is 57.6 Å². The number of rotatable bonds is 2. The number of hydrogen-bond donors (Lipinski definition) is 1. The number of halogens is 3. The van der Waals surface area contributed by atoms with E-state index in [1.807, 2.05) is 22.6 Å². The molecule has 19 heavy (non-hydrogen) atoms. The zero-order chi connectivity index (χ0) is 14.2. The minimum atomic E-state index is -2.44. The van der Waals surface area contributed by atoms with Gasteiger partial charge in [0.25, 0.3) is 5.91 Å². The molecule has 1 amide bonds. The quantitative estimate of drug-likeness (QED) is 0.799. The summed E-state index contributed by atoms with van der Waals surface area (Å²) in [5.41, 5.74) is -2.58. The van der Waals surface area contributed by atoms with Crippen LogP contribution in [0.1, 0.15) is 16.8 Å². The number of likely N-dealkylation sites (tertiary alicyclic amines) is 1. The van der Waals surface area contributed by atoms with E-state index in [0.717, 1.165) is 11.0 Å². The Morgan fingerprint density at radius 2 is 2.11 bits per heavy atom. The Hall–Kier alpha value is -1.25. The number of carboxylic acid groups (broad SMARTS) is 1. The zero-order valence-electron chi connectivity index (χ0n) is 9.70. The molecule has 2 rings (SSSR count). The number of benzene rings is 1. The molecule has 0 saturated carbocycles. The van der Waals surface area contributed by atoms with Crippen molar-refractivity contribution < 1.29 is 23.5 Å². The lowest BCUT2D eigenvalue weighted by Crippen LogP contribution is -2.39. The number of carboxylic acids is 1. The number of carbonyl (C=O) groups excluding carboxylic acids is 1. The highest BCUT2D eigenvalue weighted by molar-refractivity contribution is 14.1. The molecule has 1 saturated heterocycles. The SMILES string of the molecule is O=C(c1c(F)cccc1I)N1CCC(F)(C(=O)O)C1. The van der Waals surface area contributed by atoms with E-state index < -0.39 is 29.9 Å². The van der Waals surface area contributed by atoms with Gasteiger partial charge in [-0.3, -0.25) is 4.79 Å². The molecule has 1 atom stereocenters. The van der Waals surface area contributed by atoms with Crippen LogP contribution in [0.4, 0.5) is 8.78 Å². The molecule has 0 radical (unpaired) electrons. The summed E-state index contributed by atoms with van der Waals surface area (Å²) in [6, 6.07) is 4.17. The summed E-state index contributed by atoms with van der Waals surface area (Å²) >= 11 is 1.81. The summed E-state index contributed by atoms with van der Waals surface area (Å²) in [6.45, 7) is -0.586. The molecule has 1 fully saturated rings. The van der Waals surface area contributed by atoms with Crippen LogP contribution in [0, 0.1) is 9.39 Å². The van der Waals surface area contributed by atoms with Gasteiger partial charge in [-0.15, -0.1) is 0 Å². The summed E-state index contributed by atoms with van der Waals surface area (Å²) in [6.07, 6.45) is -0.279. The first kappa shape index (κ1) is 14.2. The van der Waals surface area contributed by atoms with Gasteiger partial charge in [0.1, 0.15) is 5.82 Å². The number of aliphatic carboxylic acids is 1. The van der Waals surface area contributed by atoms with Crippen LogP contribution in [0.15, 0.2) is 18.2 Å². The first-order chi connectivity index (χ1) is 8.85. The van der Waals surface area contributed by atoms with E-state index in [2.05, 4.69) is 0 Å². The fourth-order valence-electron chi connectivity index (χ4n) is 1.98. The lowest BCUT2D eigenvalue weighted by Gasteiger charge is -2.18. The van der Waals surface area contributed by atoms with Crippen molar-refractivity contribution in [2.24, 2.45) is 0 Å². The molecule has 1 aliphatic heterocycles. The molecule has 1 aromatic rings. The van der Waals surface area contributed by atoms with E-state index >= 15 is 0 Å². The summed E-state index contributed by atoms with van der Waals surface area (Å²) in [7, 11) is 0. The Balaban J connectivity index is 2.25. The van der Waals surface area contributed by atoms with Crippen molar-refractivity contribution in [2.75, 3.05) is 13.1 Å². The Kier molecular flexibility index (Phi) is 3.75. The molecule has 1 aliphatic rings. The van der Waals surface area contributed by atoms with Crippen LogP contribution in [-0.4, -0.2) is 40.6 Å². The third kappa shape index (κ3) is 2.56. The van der Waals surface area contributed by atoms with E-state index in [-0.39, 0.29) is 18.5 Å². The van der Waals surface area contributed by atoms with Gasteiger partial charge in [-0.2, -0.15) is 0 Å². The number of amides is 1. The predicted octanol–water partition coefficient (Wildman–Crippen LogP) is 2.07. The predicted molar refractivity (Wildman–Crippen MR) is 71.1 cm³/mol. The van der Waals surface area contributed by atoms with E-state index in [0.29, 0.717) is 3.57 Å². The summed E-state index contributed by atoms with van der Waals surface area (Å²) < 4.78 is 27.9. The van der Waals surface area contributed by atoms with Gasteiger partial charge < -0.3 is 10.0 Å². The molecule has 0 aliphatic carbocycles. The summed E-state index contributed by atoms with van der Waals surface area (Å²) in [4.78, 5) is 23.9. The fourth-order valence-corrected chi connectivity index (χ4v) is 2.68. The first-order valence-electron chi connectivity index (χ1n) is 5.51. The molecule has 102 valence electrons. The van der Waals surface area contributed by atoms with E-state index in [1.165, 1.54) is 6.07 Å². The molecule has 1 heterocycles. The fraction of sp³-hybridized carbons (Fsp3) is 0.333. The molecular weight excluding hydrogens is 371 g/mol. The number of carbonyl (C=O) groups is 2. The molecule has 7 heteroatoms. The highest BCUT2D eigenvalue weighted by atomic mass is 127. The molecule has 4 nitrogen and oxygen atoms in total. The van der Waals surface area contributed by atoms with Crippen molar-refractivity contribution in [1.29, 1.82) is 0 Å². The maximum Gasteiger partial charge on any atom is 0.343 e. The smallest absolute Gasteiger partial charge is 0.343 e. The molecular formula is C12H10F2INO3. The van der Waals surface area contributed by atoms with Gasteiger partial charge in [0, 0.05) is 16.5 Å². The van der Waals surface area contributed by atoms with Crippen LogP contribution >= 0.6 is 22.6 Å². The third-order valence-electron chi connectivity index (χ3n) is 3.07. The lowest BCUT2D eigenvalue weighted by atomic mass is 10.1. The second-order valence-electron chi connectivity index (χ2n) is 4.34. The first-order valence-corrected chi connectivity index (χ1v) is 6.58. The number of hydrogen-bond acceptors (Lipinski definition) is 2. The average molecular weight is 381 g/mol. The highest BCUT2D eigenvalue weighted by Crippen LogP contribution is 2.28. The highest BCUT2D eigenvalue weighted by Gasteiger charge is 2.47. The lowest BCUT2D eigenvalue weighted by molar-refractivity contribution is -0.149. The monoisotopic (exact) mass is 381 g/mol. The van der Waals surface area contributed by atoms with Crippen LogP contribution in [0.5, 0.6) is 0 Å². The number of nitrogens with zero attached hydrogens (tertiary/aromatic N) is 1. The van der Waals surface area contributed by atoms with Crippen LogP contribution in [-0.2, 0) is 4.79 Å². The Morgan fingerprint density at radius 3 is 2.63 bits per heavy atom. The van der Waals surface area contributed by atoms with Gasteiger partial charge in [0.05, 0.1) is 12.1 Å². The Labute approximate surface area is 121 Å². The molecule has 1 N–H and O–H groups in total. The molecule has 0 aromatic heterocycles. The van der Waals surface area contributed by atoms with Crippen molar-refractivity contribution in [3.05, 3.63) is 33.1 Å². The van der Waals surface area contributed by atoms with Gasteiger partial charge in [-0.05, 0) is 34.7 Å². The second-order valence-corrected chi connectivity index (χ2v) is 5.51. The Morgan fingerprint density at radius 1 is 1.42 bits per heavy atom. The minimum absolute atomic E-state index is 0.0357. The van der Waals surface area contributed by atoms with Crippen molar-refractivity contribution >= 4 is 34.5 Å². The Bertz CT molecular complexity index is 532. The van der Waals surface area contributed by atoms with Crippen LogP contribution in [0.2, 0.25) is 0 Å². The summed E-state index contributed by atoms with van der Waals surface area (Å²) in [5, 5.41) is 8.76. The van der Waals surface area contributed by atoms with E-state index in [9.17, 15) is 18.4 Å². The standard InChI is InChI=1S/C12H10F2INO3/c13-7-2-1-3-8(15)9(7)10(17)16-5-4-12(14,6-16)11(18)19/h1-3H,4-6H2,(H,18,19).